The van der Waals surface area contributed by atoms with Crippen molar-refractivity contribution in [3.8, 4) is 6.07 Å². The second-order valence-corrected chi connectivity index (χ2v) is 10.2. The van der Waals surface area contributed by atoms with Gasteiger partial charge in [-0.1, -0.05) is 55.8 Å². The van der Waals surface area contributed by atoms with E-state index in [0.29, 0.717) is 22.9 Å². The van der Waals surface area contributed by atoms with Crippen molar-refractivity contribution < 1.29 is 14.0 Å². The standard InChI is InChI=1S/C24H17Br2N3O3S/c25-16-6-8-18(9-7-16)29-23(31)21(12-15-3-1-4-17(26)11-15)33-24(29)20(13-27)22(30)28-14-19-5-2-10-32-19/h1-11,21H,12,14H2,(H,28,30)/b24-20-/t21-/m0/s1. The summed E-state index contributed by atoms with van der Waals surface area (Å²) in [5.41, 5.74) is 1.46. The summed E-state index contributed by atoms with van der Waals surface area (Å²) in [5, 5.41) is 12.4. The van der Waals surface area contributed by atoms with Crippen LogP contribution in [-0.4, -0.2) is 17.1 Å². The van der Waals surface area contributed by atoms with Crippen molar-refractivity contribution in [2.24, 2.45) is 0 Å². The highest BCUT2D eigenvalue weighted by atomic mass is 79.9. The molecule has 166 valence electrons. The topological polar surface area (TPSA) is 86.3 Å². The maximum Gasteiger partial charge on any atom is 0.265 e. The Bertz CT molecular complexity index is 1250. The molecule has 1 fully saturated rings. The van der Waals surface area contributed by atoms with Crippen LogP contribution in [0.2, 0.25) is 0 Å². The first kappa shape index (κ1) is 23.4. The SMILES string of the molecule is N#C/C(C(=O)NCc1ccco1)=C1/S[C@@H](Cc2cccc(Br)c2)C(=O)N1c1ccc(Br)cc1. The minimum absolute atomic E-state index is 0.112. The molecule has 1 aliphatic rings. The van der Waals surface area contributed by atoms with Gasteiger partial charge in [0.05, 0.1) is 18.1 Å². The Morgan fingerprint density at radius 2 is 1.91 bits per heavy atom. The molecule has 0 spiro atoms. The van der Waals surface area contributed by atoms with Crippen LogP contribution in [-0.2, 0) is 22.6 Å². The van der Waals surface area contributed by atoms with Crippen LogP contribution in [0.4, 0.5) is 5.69 Å². The number of halogens is 2. The fourth-order valence-electron chi connectivity index (χ4n) is 3.36. The number of thioether (sulfide) groups is 1. The van der Waals surface area contributed by atoms with Gasteiger partial charge in [-0.05, 0) is 60.5 Å². The van der Waals surface area contributed by atoms with Crippen LogP contribution in [0.25, 0.3) is 0 Å². The number of carbonyl (C=O) groups is 2. The second-order valence-electron chi connectivity index (χ2n) is 7.14. The number of amides is 2. The molecule has 1 saturated heterocycles. The molecular formula is C24H17Br2N3O3S. The van der Waals surface area contributed by atoms with E-state index in [4.69, 9.17) is 4.42 Å². The van der Waals surface area contributed by atoms with Crippen LogP contribution >= 0.6 is 43.6 Å². The average Bonchev–Trinajstić information content (AvgIpc) is 3.42. The Balaban J connectivity index is 1.68. The highest BCUT2D eigenvalue weighted by Crippen LogP contribution is 2.42. The van der Waals surface area contributed by atoms with Gasteiger partial charge in [0, 0.05) is 14.6 Å². The van der Waals surface area contributed by atoms with E-state index in [9.17, 15) is 14.9 Å². The molecule has 0 saturated carbocycles. The summed E-state index contributed by atoms with van der Waals surface area (Å²) in [7, 11) is 0. The monoisotopic (exact) mass is 585 g/mol. The summed E-state index contributed by atoms with van der Waals surface area (Å²) in [6.45, 7) is 0.142. The van der Waals surface area contributed by atoms with Crippen LogP contribution in [0.15, 0.2) is 90.9 Å². The van der Waals surface area contributed by atoms with Gasteiger partial charge in [-0.15, -0.1) is 0 Å². The van der Waals surface area contributed by atoms with Gasteiger partial charge in [-0.25, -0.2) is 0 Å². The third-order valence-corrected chi connectivity index (χ3v) is 7.19. The lowest BCUT2D eigenvalue weighted by Crippen LogP contribution is -2.32. The van der Waals surface area contributed by atoms with E-state index in [-0.39, 0.29) is 18.0 Å². The lowest BCUT2D eigenvalue weighted by Gasteiger charge is -2.18. The van der Waals surface area contributed by atoms with Gasteiger partial charge in [-0.3, -0.25) is 14.5 Å². The summed E-state index contributed by atoms with van der Waals surface area (Å²) < 4.78 is 7.02. The van der Waals surface area contributed by atoms with Gasteiger partial charge in [-0.2, -0.15) is 5.26 Å². The summed E-state index contributed by atoms with van der Waals surface area (Å²) in [6.07, 6.45) is 1.98. The Morgan fingerprint density at radius 3 is 2.58 bits per heavy atom. The molecule has 0 bridgehead atoms. The molecule has 0 aliphatic carbocycles. The van der Waals surface area contributed by atoms with Crippen LogP contribution in [0.1, 0.15) is 11.3 Å². The molecule has 9 heteroatoms. The number of anilines is 1. The number of hydrogen-bond acceptors (Lipinski definition) is 5. The van der Waals surface area contributed by atoms with Crippen molar-refractivity contribution in [2.45, 2.75) is 18.2 Å². The van der Waals surface area contributed by atoms with E-state index >= 15 is 0 Å². The van der Waals surface area contributed by atoms with Crippen molar-refractivity contribution in [2.75, 3.05) is 4.90 Å². The first-order valence-electron chi connectivity index (χ1n) is 9.92. The number of carbonyl (C=O) groups excluding carboxylic acids is 2. The van der Waals surface area contributed by atoms with Gasteiger partial charge in [0.15, 0.2) is 0 Å². The summed E-state index contributed by atoms with van der Waals surface area (Å²) in [6, 6.07) is 20.4. The van der Waals surface area contributed by atoms with Crippen molar-refractivity contribution in [1.82, 2.24) is 5.32 Å². The number of furan rings is 1. The largest absolute Gasteiger partial charge is 0.467 e. The zero-order valence-electron chi connectivity index (χ0n) is 17.1. The number of nitrogens with zero attached hydrogens (tertiary/aromatic N) is 2. The van der Waals surface area contributed by atoms with E-state index in [2.05, 4.69) is 37.2 Å². The molecule has 1 aromatic heterocycles. The predicted octanol–water partition coefficient (Wildman–Crippen LogP) is 5.55. The van der Waals surface area contributed by atoms with E-state index in [1.807, 2.05) is 42.5 Å². The van der Waals surface area contributed by atoms with E-state index in [1.54, 1.807) is 24.3 Å². The molecule has 0 unspecified atom stereocenters. The minimum Gasteiger partial charge on any atom is -0.467 e. The molecule has 0 radical (unpaired) electrons. The number of hydrogen-bond donors (Lipinski definition) is 1. The zero-order valence-corrected chi connectivity index (χ0v) is 21.1. The van der Waals surface area contributed by atoms with Crippen molar-refractivity contribution in [3.05, 3.63) is 97.8 Å². The van der Waals surface area contributed by atoms with Crippen molar-refractivity contribution in [3.63, 3.8) is 0 Å². The average molecular weight is 587 g/mol. The third-order valence-electron chi connectivity index (χ3n) is 4.90. The van der Waals surface area contributed by atoms with Crippen LogP contribution in [0.5, 0.6) is 0 Å². The Kier molecular flexibility index (Phi) is 7.38. The van der Waals surface area contributed by atoms with Gasteiger partial charge in [0.2, 0.25) is 5.91 Å². The molecule has 3 aromatic rings. The third kappa shape index (κ3) is 5.41. The lowest BCUT2D eigenvalue weighted by molar-refractivity contribution is -0.117. The van der Waals surface area contributed by atoms with Gasteiger partial charge in [0.1, 0.15) is 22.4 Å². The summed E-state index contributed by atoms with van der Waals surface area (Å²) >= 11 is 8.10. The molecule has 33 heavy (non-hydrogen) atoms. The van der Waals surface area contributed by atoms with E-state index in [0.717, 1.165) is 14.5 Å². The van der Waals surface area contributed by atoms with Crippen LogP contribution in [0, 0.1) is 11.3 Å². The maximum atomic E-state index is 13.5. The fourth-order valence-corrected chi connectivity index (χ4v) is 5.38. The van der Waals surface area contributed by atoms with Crippen molar-refractivity contribution in [1.29, 1.82) is 5.26 Å². The zero-order chi connectivity index (χ0) is 23.4. The van der Waals surface area contributed by atoms with E-state index in [1.165, 1.54) is 22.9 Å². The summed E-state index contributed by atoms with van der Waals surface area (Å²) in [5.74, 6) is -0.170. The molecular weight excluding hydrogens is 570 g/mol. The van der Waals surface area contributed by atoms with Gasteiger partial charge >= 0.3 is 0 Å². The highest BCUT2D eigenvalue weighted by molar-refractivity contribution is 9.10. The van der Waals surface area contributed by atoms with E-state index < -0.39 is 11.2 Å². The first-order valence-corrected chi connectivity index (χ1v) is 12.4. The highest BCUT2D eigenvalue weighted by Gasteiger charge is 2.40. The summed E-state index contributed by atoms with van der Waals surface area (Å²) in [4.78, 5) is 27.8. The van der Waals surface area contributed by atoms with Gasteiger partial charge in [0.25, 0.3) is 5.91 Å². The smallest absolute Gasteiger partial charge is 0.265 e. The predicted molar refractivity (Wildman–Crippen MR) is 134 cm³/mol. The molecule has 1 aliphatic heterocycles. The molecule has 4 rings (SSSR count). The Morgan fingerprint density at radius 1 is 1.12 bits per heavy atom. The number of rotatable bonds is 6. The quantitative estimate of drug-likeness (QED) is 0.302. The maximum absolute atomic E-state index is 13.5. The number of nitrogens with one attached hydrogen (secondary N) is 1. The molecule has 1 N–H and O–H groups in total. The normalized spacial score (nSPS) is 17.1. The molecule has 2 amide bonds. The Hall–Kier alpha value is -2.80. The molecule has 2 aromatic carbocycles. The molecule has 1 atom stereocenters. The minimum atomic E-state index is -0.561. The van der Waals surface area contributed by atoms with Gasteiger partial charge < -0.3 is 9.73 Å². The second kappa shape index (κ2) is 10.4. The van der Waals surface area contributed by atoms with Crippen LogP contribution in [0.3, 0.4) is 0 Å². The van der Waals surface area contributed by atoms with Crippen molar-refractivity contribution >= 4 is 61.1 Å². The fraction of sp³-hybridized carbons (Fsp3) is 0.125. The number of nitriles is 1. The first-order chi connectivity index (χ1) is 16.0. The number of benzene rings is 2. The molecule has 2 heterocycles. The lowest BCUT2D eigenvalue weighted by atomic mass is 10.1. The molecule has 6 nitrogen and oxygen atoms in total. The Labute approximate surface area is 211 Å². The van der Waals surface area contributed by atoms with Crippen LogP contribution < -0.4 is 10.2 Å².